The van der Waals surface area contributed by atoms with Gasteiger partial charge in [0, 0.05) is 17.3 Å². The highest BCUT2D eigenvalue weighted by atomic mass is 16.6. The van der Waals surface area contributed by atoms with Crippen molar-refractivity contribution in [3.63, 3.8) is 0 Å². The summed E-state index contributed by atoms with van der Waals surface area (Å²) in [5.41, 5.74) is 5.63. The van der Waals surface area contributed by atoms with Crippen molar-refractivity contribution < 1.29 is 9.34 Å². The summed E-state index contributed by atoms with van der Waals surface area (Å²) in [5.74, 6) is 0.0989. The van der Waals surface area contributed by atoms with Crippen LogP contribution in [0, 0.1) is 17.0 Å². The van der Waals surface area contributed by atoms with E-state index in [1.807, 2.05) is 37.3 Å². The van der Waals surface area contributed by atoms with Crippen LogP contribution in [0.4, 0.5) is 11.6 Å². The largest absolute Gasteiger partial charge is 0.433 e. The van der Waals surface area contributed by atoms with E-state index in [1.165, 1.54) is 12.1 Å². The van der Waals surface area contributed by atoms with Crippen molar-refractivity contribution >= 4 is 34.8 Å². The number of fused-ring (bicyclic) bond motifs is 1. The molecule has 0 atom stereocenters. The number of nitro groups is 1. The van der Waals surface area contributed by atoms with Crippen LogP contribution in [0.5, 0.6) is 0 Å². The Morgan fingerprint density at radius 3 is 2.92 bits per heavy atom. The Balaban J connectivity index is 1.70. The first-order valence-electron chi connectivity index (χ1n) is 7.20. The van der Waals surface area contributed by atoms with Gasteiger partial charge in [-0.15, -0.1) is 0 Å². The lowest BCUT2D eigenvalue weighted by atomic mass is 10.1. The summed E-state index contributed by atoms with van der Waals surface area (Å²) in [4.78, 5) is 14.4. The molecule has 1 aromatic carbocycles. The molecule has 7 nitrogen and oxygen atoms in total. The van der Waals surface area contributed by atoms with Gasteiger partial charge in [-0.05, 0) is 37.3 Å². The Kier molecular flexibility index (Phi) is 4.33. The molecule has 0 saturated heterocycles. The van der Waals surface area contributed by atoms with Gasteiger partial charge >= 0.3 is 5.88 Å². The van der Waals surface area contributed by atoms with Gasteiger partial charge < -0.3 is 4.42 Å². The number of aromatic nitrogens is 1. The molecule has 3 aromatic rings. The molecule has 3 rings (SSSR count). The van der Waals surface area contributed by atoms with Crippen molar-refractivity contribution in [2.45, 2.75) is 6.92 Å². The van der Waals surface area contributed by atoms with E-state index in [2.05, 4.69) is 15.5 Å². The van der Waals surface area contributed by atoms with Crippen LogP contribution in [0.15, 0.2) is 58.1 Å². The molecule has 24 heavy (non-hydrogen) atoms. The fourth-order valence-corrected chi connectivity index (χ4v) is 2.22. The number of furan rings is 1. The molecule has 0 bridgehead atoms. The molecule has 0 aliphatic rings. The minimum absolute atomic E-state index is 0.288. The average Bonchev–Trinajstić information content (AvgIpc) is 3.03. The van der Waals surface area contributed by atoms with Crippen LogP contribution in [0.1, 0.15) is 11.5 Å². The highest BCUT2D eigenvalue weighted by molar-refractivity contribution is 5.91. The highest BCUT2D eigenvalue weighted by Crippen LogP contribution is 2.22. The summed E-state index contributed by atoms with van der Waals surface area (Å²) in [7, 11) is 0. The van der Waals surface area contributed by atoms with Gasteiger partial charge in [0.05, 0.1) is 17.3 Å². The number of para-hydroxylation sites is 1. The molecule has 0 fully saturated rings. The summed E-state index contributed by atoms with van der Waals surface area (Å²) in [6.07, 6.45) is 4.76. The fraction of sp³-hybridized carbons (Fsp3) is 0.0588. The van der Waals surface area contributed by atoms with Crippen LogP contribution in [0.2, 0.25) is 0 Å². The standard InChI is InChI=1S/C17H14N4O3/c1-12-11-16(14-6-2-3-7-15(14)19-12)20-18-10-4-5-13-8-9-17(24-13)21(22)23/h2-11H,1H3,(H,19,20). The van der Waals surface area contributed by atoms with E-state index in [0.29, 0.717) is 5.76 Å². The second kappa shape index (κ2) is 6.74. The quantitative estimate of drug-likeness (QED) is 0.432. The Labute approximate surface area is 137 Å². The molecule has 0 aliphatic carbocycles. The van der Waals surface area contributed by atoms with Gasteiger partial charge in [-0.2, -0.15) is 5.10 Å². The van der Waals surface area contributed by atoms with Crippen LogP contribution in [0.25, 0.3) is 17.0 Å². The number of benzene rings is 1. The first-order valence-corrected chi connectivity index (χ1v) is 7.20. The Morgan fingerprint density at radius 2 is 2.12 bits per heavy atom. The molecule has 0 radical (unpaired) electrons. The number of hydrogen-bond donors (Lipinski definition) is 1. The molecule has 7 heteroatoms. The predicted molar refractivity (Wildman–Crippen MR) is 93.0 cm³/mol. The summed E-state index contributed by atoms with van der Waals surface area (Å²) in [6.45, 7) is 1.92. The number of hydrogen-bond acceptors (Lipinski definition) is 6. The van der Waals surface area contributed by atoms with Crippen molar-refractivity contribution in [1.29, 1.82) is 0 Å². The minimum Gasteiger partial charge on any atom is -0.401 e. The van der Waals surface area contributed by atoms with Gasteiger partial charge in [-0.3, -0.25) is 20.5 Å². The number of aryl methyl sites for hydroxylation is 1. The van der Waals surface area contributed by atoms with Crippen LogP contribution in [0.3, 0.4) is 0 Å². The maximum Gasteiger partial charge on any atom is 0.433 e. The number of nitrogens with one attached hydrogen (secondary N) is 1. The number of pyridine rings is 1. The molecular formula is C17H14N4O3. The number of rotatable bonds is 5. The van der Waals surface area contributed by atoms with Crippen molar-refractivity contribution in [1.82, 2.24) is 4.98 Å². The molecule has 2 heterocycles. The molecule has 1 N–H and O–H groups in total. The Morgan fingerprint density at radius 1 is 1.29 bits per heavy atom. The number of nitrogens with zero attached hydrogens (tertiary/aromatic N) is 3. The zero-order valence-electron chi connectivity index (χ0n) is 12.8. The molecule has 0 amide bonds. The third-order valence-corrected chi connectivity index (χ3v) is 3.24. The SMILES string of the molecule is Cc1cc(NN=CC=Cc2ccc([N+](=O)[O-])o2)c2ccccc2n1. The maximum atomic E-state index is 10.5. The third kappa shape index (κ3) is 3.46. The number of anilines is 1. The normalized spacial score (nSPS) is 11.5. The molecule has 120 valence electrons. The lowest BCUT2D eigenvalue weighted by molar-refractivity contribution is -0.402. The average molecular weight is 322 g/mol. The Bertz CT molecular complexity index is 944. The monoisotopic (exact) mass is 322 g/mol. The second-order valence-corrected chi connectivity index (χ2v) is 5.01. The van der Waals surface area contributed by atoms with Gasteiger partial charge in [0.1, 0.15) is 10.7 Å². The van der Waals surface area contributed by atoms with Gasteiger partial charge in [-0.1, -0.05) is 18.2 Å². The molecule has 2 aromatic heterocycles. The number of allylic oxidation sites excluding steroid dienone is 1. The van der Waals surface area contributed by atoms with Crippen LogP contribution >= 0.6 is 0 Å². The van der Waals surface area contributed by atoms with Crippen LogP contribution < -0.4 is 5.43 Å². The lowest BCUT2D eigenvalue weighted by Gasteiger charge is -2.06. The van der Waals surface area contributed by atoms with E-state index >= 15 is 0 Å². The summed E-state index contributed by atoms with van der Waals surface area (Å²) < 4.78 is 5.01. The van der Waals surface area contributed by atoms with Crippen molar-refractivity contribution in [3.05, 3.63) is 70.1 Å². The highest BCUT2D eigenvalue weighted by Gasteiger charge is 2.09. The second-order valence-electron chi connectivity index (χ2n) is 5.01. The van der Waals surface area contributed by atoms with E-state index in [0.717, 1.165) is 22.3 Å². The summed E-state index contributed by atoms with van der Waals surface area (Å²) in [5, 5.41) is 15.6. The smallest absolute Gasteiger partial charge is 0.401 e. The van der Waals surface area contributed by atoms with Crippen molar-refractivity contribution in [2.75, 3.05) is 5.43 Å². The fourth-order valence-electron chi connectivity index (χ4n) is 2.22. The van der Waals surface area contributed by atoms with Gasteiger partial charge in [-0.25, -0.2) is 0 Å². The van der Waals surface area contributed by atoms with Gasteiger partial charge in [0.25, 0.3) is 0 Å². The number of hydrazone groups is 1. The first kappa shape index (κ1) is 15.4. The van der Waals surface area contributed by atoms with Crippen molar-refractivity contribution in [2.24, 2.45) is 5.10 Å². The van der Waals surface area contributed by atoms with Crippen LogP contribution in [-0.2, 0) is 0 Å². The van der Waals surface area contributed by atoms with Crippen LogP contribution in [-0.4, -0.2) is 16.1 Å². The Hall–Kier alpha value is -3.48. The lowest BCUT2D eigenvalue weighted by Crippen LogP contribution is -1.93. The first-order chi connectivity index (χ1) is 11.6. The molecular weight excluding hydrogens is 308 g/mol. The topological polar surface area (TPSA) is 93.6 Å². The van der Waals surface area contributed by atoms with Gasteiger partial charge in [0.15, 0.2) is 0 Å². The molecule has 0 aliphatic heterocycles. The summed E-state index contributed by atoms with van der Waals surface area (Å²) in [6, 6.07) is 12.5. The van der Waals surface area contributed by atoms with Crippen molar-refractivity contribution in [3.8, 4) is 0 Å². The van der Waals surface area contributed by atoms with E-state index in [4.69, 9.17) is 4.42 Å². The van der Waals surface area contributed by atoms with E-state index in [-0.39, 0.29) is 5.88 Å². The summed E-state index contributed by atoms with van der Waals surface area (Å²) >= 11 is 0. The maximum absolute atomic E-state index is 10.5. The molecule has 0 unspecified atom stereocenters. The molecule has 0 spiro atoms. The predicted octanol–water partition coefficient (Wildman–Crippen LogP) is 4.16. The minimum atomic E-state index is -0.579. The van der Waals surface area contributed by atoms with E-state index in [1.54, 1.807) is 18.4 Å². The van der Waals surface area contributed by atoms with E-state index < -0.39 is 4.92 Å². The zero-order valence-corrected chi connectivity index (χ0v) is 12.8. The molecule has 0 saturated carbocycles. The third-order valence-electron chi connectivity index (χ3n) is 3.24. The van der Waals surface area contributed by atoms with E-state index in [9.17, 15) is 10.1 Å². The van der Waals surface area contributed by atoms with Gasteiger partial charge in [0.2, 0.25) is 0 Å². The zero-order chi connectivity index (χ0) is 16.9.